The van der Waals surface area contributed by atoms with E-state index in [9.17, 15) is 14.4 Å². The first kappa shape index (κ1) is 22.9. The minimum Gasteiger partial charge on any atom is -0.343 e. The Morgan fingerprint density at radius 3 is 2.24 bits per heavy atom. The van der Waals surface area contributed by atoms with Crippen LogP contribution in [0.25, 0.3) is 16.6 Å². The minimum atomic E-state index is -0.375. The van der Waals surface area contributed by atoms with E-state index in [1.54, 1.807) is 49.4 Å². The zero-order valence-corrected chi connectivity index (χ0v) is 19.6. The molecule has 0 radical (unpaired) electrons. The topological polar surface area (TPSA) is 93.1 Å². The van der Waals surface area contributed by atoms with Gasteiger partial charge >= 0.3 is 0 Å². The number of nitrogens with zero attached hydrogens (tertiary/aromatic N) is 2. The van der Waals surface area contributed by atoms with Crippen LogP contribution in [0.15, 0.2) is 65.5 Å². The van der Waals surface area contributed by atoms with Gasteiger partial charge in [-0.15, -0.1) is 0 Å². The normalized spacial score (nSPS) is 10.8. The second kappa shape index (κ2) is 9.31. The molecular formula is C27H26N4O3. The fraction of sp³-hybridized carbons (Fsp3) is 0.185. The summed E-state index contributed by atoms with van der Waals surface area (Å²) in [6.45, 7) is 7.50. The molecule has 0 aliphatic rings. The number of amides is 2. The molecule has 1 heterocycles. The van der Waals surface area contributed by atoms with E-state index in [1.165, 1.54) is 4.57 Å². The summed E-state index contributed by atoms with van der Waals surface area (Å²) in [5, 5.41) is 6.04. The van der Waals surface area contributed by atoms with E-state index in [0.29, 0.717) is 28.0 Å². The number of carbonyl (C=O) groups is 2. The lowest BCUT2D eigenvalue weighted by Gasteiger charge is -2.13. The maximum Gasteiger partial charge on any atom is 0.265 e. The molecular weight excluding hydrogens is 428 g/mol. The largest absolute Gasteiger partial charge is 0.343 e. The molecule has 3 aromatic carbocycles. The van der Waals surface area contributed by atoms with Gasteiger partial charge in [0.25, 0.3) is 11.5 Å². The molecule has 0 atom stereocenters. The van der Waals surface area contributed by atoms with Gasteiger partial charge in [0, 0.05) is 11.3 Å². The summed E-state index contributed by atoms with van der Waals surface area (Å²) in [7, 11) is 0. The number of benzene rings is 3. The molecule has 0 aliphatic heterocycles. The van der Waals surface area contributed by atoms with Gasteiger partial charge in [0.05, 0.1) is 23.1 Å². The Morgan fingerprint density at radius 1 is 0.912 bits per heavy atom. The van der Waals surface area contributed by atoms with Crippen LogP contribution in [0.4, 0.5) is 5.69 Å². The third-order valence-corrected chi connectivity index (χ3v) is 5.68. The van der Waals surface area contributed by atoms with E-state index >= 15 is 0 Å². The number of anilines is 1. The molecule has 0 fully saturated rings. The van der Waals surface area contributed by atoms with Gasteiger partial charge in [-0.1, -0.05) is 29.8 Å². The average molecular weight is 455 g/mol. The van der Waals surface area contributed by atoms with Crippen LogP contribution in [-0.4, -0.2) is 27.9 Å². The Hall–Kier alpha value is -4.26. The summed E-state index contributed by atoms with van der Waals surface area (Å²) < 4.78 is 1.52. The van der Waals surface area contributed by atoms with Crippen molar-refractivity contribution in [1.29, 1.82) is 0 Å². The second-order valence-electron chi connectivity index (χ2n) is 8.37. The highest BCUT2D eigenvalue weighted by Crippen LogP contribution is 2.21. The van der Waals surface area contributed by atoms with E-state index < -0.39 is 0 Å². The van der Waals surface area contributed by atoms with Crippen LogP contribution in [0.1, 0.15) is 32.9 Å². The number of rotatable bonds is 5. The lowest BCUT2D eigenvalue weighted by molar-refractivity contribution is -0.115. The number of carbonyl (C=O) groups excluding carboxylic acids is 2. The summed E-state index contributed by atoms with van der Waals surface area (Å²) in [4.78, 5) is 42.4. The van der Waals surface area contributed by atoms with Crippen molar-refractivity contribution in [3.05, 3.63) is 99.1 Å². The van der Waals surface area contributed by atoms with Gasteiger partial charge < -0.3 is 10.6 Å². The molecule has 2 amide bonds. The zero-order valence-electron chi connectivity index (χ0n) is 19.6. The molecule has 0 aliphatic carbocycles. The second-order valence-corrected chi connectivity index (χ2v) is 8.37. The maximum atomic E-state index is 13.0. The quantitative estimate of drug-likeness (QED) is 0.477. The monoisotopic (exact) mass is 454 g/mol. The molecule has 172 valence electrons. The van der Waals surface area contributed by atoms with E-state index in [4.69, 9.17) is 0 Å². The Kier molecular flexibility index (Phi) is 6.27. The summed E-state index contributed by atoms with van der Waals surface area (Å²) in [6.07, 6.45) is 0. The summed E-state index contributed by atoms with van der Waals surface area (Å²) in [6, 6.07) is 17.8. The Labute approximate surface area is 197 Å². The number of para-hydroxylation sites is 1. The van der Waals surface area contributed by atoms with Crippen LogP contribution in [0.3, 0.4) is 0 Å². The van der Waals surface area contributed by atoms with Crippen molar-refractivity contribution in [3.8, 4) is 5.69 Å². The molecule has 0 saturated heterocycles. The predicted molar refractivity (Wildman–Crippen MR) is 134 cm³/mol. The molecule has 2 N–H and O–H groups in total. The predicted octanol–water partition coefficient (Wildman–Crippen LogP) is 3.99. The number of nitrogens with one attached hydrogen (secondary N) is 2. The summed E-state index contributed by atoms with van der Waals surface area (Å²) in [5.41, 5.74) is 5.31. The van der Waals surface area contributed by atoms with E-state index in [-0.39, 0.29) is 23.9 Å². The van der Waals surface area contributed by atoms with E-state index in [1.807, 2.05) is 39.0 Å². The van der Waals surface area contributed by atoms with Crippen LogP contribution < -0.4 is 16.2 Å². The smallest absolute Gasteiger partial charge is 0.265 e. The van der Waals surface area contributed by atoms with Gasteiger partial charge in [0.15, 0.2) is 0 Å². The molecule has 1 aromatic heterocycles. The van der Waals surface area contributed by atoms with Gasteiger partial charge in [-0.2, -0.15) is 0 Å². The number of aromatic nitrogens is 2. The molecule has 34 heavy (non-hydrogen) atoms. The first-order valence-corrected chi connectivity index (χ1v) is 11.0. The number of aryl methyl sites for hydroxylation is 4. The van der Waals surface area contributed by atoms with E-state index in [0.717, 1.165) is 22.4 Å². The third-order valence-electron chi connectivity index (χ3n) is 5.68. The van der Waals surface area contributed by atoms with Crippen LogP contribution in [0.2, 0.25) is 0 Å². The first-order valence-electron chi connectivity index (χ1n) is 11.0. The average Bonchev–Trinajstić information content (AvgIpc) is 2.80. The van der Waals surface area contributed by atoms with Crippen LogP contribution in [-0.2, 0) is 4.79 Å². The number of hydrogen-bond acceptors (Lipinski definition) is 4. The van der Waals surface area contributed by atoms with Crippen molar-refractivity contribution in [2.75, 3.05) is 11.9 Å². The van der Waals surface area contributed by atoms with Crippen molar-refractivity contribution in [3.63, 3.8) is 0 Å². The van der Waals surface area contributed by atoms with Gasteiger partial charge in [0.1, 0.15) is 5.82 Å². The lowest BCUT2D eigenvalue weighted by Crippen LogP contribution is -2.33. The molecule has 0 bridgehead atoms. The molecule has 0 saturated carbocycles. The highest BCUT2D eigenvalue weighted by molar-refractivity contribution is 6.00. The molecule has 7 nitrogen and oxygen atoms in total. The van der Waals surface area contributed by atoms with Crippen LogP contribution in [0, 0.1) is 27.7 Å². The zero-order chi connectivity index (χ0) is 24.4. The van der Waals surface area contributed by atoms with Crippen molar-refractivity contribution < 1.29 is 9.59 Å². The Bertz CT molecular complexity index is 1450. The highest BCUT2D eigenvalue weighted by atomic mass is 16.2. The molecule has 7 heteroatoms. The summed E-state index contributed by atoms with van der Waals surface area (Å²) in [5.74, 6) is -0.122. The molecule has 4 rings (SSSR count). The third kappa shape index (κ3) is 4.59. The van der Waals surface area contributed by atoms with Crippen molar-refractivity contribution >= 4 is 28.4 Å². The number of fused-ring (bicyclic) bond motifs is 1. The standard InChI is InChI=1S/C27H26N4O3/c1-16-13-17(2)25(18(3)14-16)30-24(32)15-28-26(33)20-9-11-21(12-10-20)31-19(4)29-23-8-6-5-7-22(23)27(31)34/h5-14H,15H2,1-4H3,(H,28,33)(H,30,32). The molecule has 0 unspecified atom stereocenters. The van der Waals surface area contributed by atoms with Crippen molar-refractivity contribution in [2.24, 2.45) is 0 Å². The Balaban J connectivity index is 1.46. The SMILES string of the molecule is Cc1cc(C)c(NC(=O)CNC(=O)c2ccc(-n3c(C)nc4ccccc4c3=O)cc2)c(C)c1. The fourth-order valence-electron chi connectivity index (χ4n) is 4.13. The lowest BCUT2D eigenvalue weighted by atomic mass is 10.1. The maximum absolute atomic E-state index is 13.0. The minimum absolute atomic E-state index is 0.152. The van der Waals surface area contributed by atoms with Gasteiger partial charge in [-0.05, 0) is 75.2 Å². The fourth-order valence-corrected chi connectivity index (χ4v) is 4.13. The number of hydrogen-bond donors (Lipinski definition) is 2. The van der Waals surface area contributed by atoms with Gasteiger partial charge in [-0.3, -0.25) is 19.0 Å². The van der Waals surface area contributed by atoms with Crippen molar-refractivity contribution in [2.45, 2.75) is 27.7 Å². The van der Waals surface area contributed by atoms with Gasteiger partial charge in [-0.25, -0.2) is 4.98 Å². The van der Waals surface area contributed by atoms with Crippen LogP contribution in [0.5, 0.6) is 0 Å². The van der Waals surface area contributed by atoms with Crippen LogP contribution >= 0.6 is 0 Å². The van der Waals surface area contributed by atoms with Crippen molar-refractivity contribution in [1.82, 2.24) is 14.9 Å². The van der Waals surface area contributed by atoms with Gasteiger partial charge in [0.2, 0.25) is 5.91 Å². The van der Waals surface area contributed by atoms with E-state index in [2.05, 4.69) is 15.6 Å². The first-order chi connectivity index (χ1) is 16.2. The Morgan fingerprint density at radius 2 is 1.56 bits per heavy atom. The summed E-state index contributed by atoms with van der Waals surface area (Å²) >= 11 is 0. The molecule has 4 aromatic rings. The highest BCUT2D eigenvalue weighted by Gasteiger charge is 2.13. The molecule has 0 spiro atoms.